The molecule has 2 heterocycles. The molecule has 2 aromatic heterocycles. The Kier molecular flexibility index (Phi) is 5.26. The molecule has 2 aromatic carbocycles. The molecule has 7 heteroatoms. The van der Waals surface area contributed by atoms with E-state index in [4.69, 9.17) is 11.6 Å². The number of nitrogens with zero attached hydrogens (tertiary/aromatic N) is 2. The SMILES string of the molecule is CN(Cc1nc2scc(-c3ccccc3)c2c(=O)[nH]1)Cc1c(F)cccc1Cl. The Hall–Kier alpha value is -2.54. The highest BCUT2D eigenvalue weighted by molar-refractivity contribution is 7.17. The van der Waals surface area contributed by atoms with Gasteiger partial charge in [0.05, 0.1) is 11.9 Å². The number of aromatic amines is 1. The summed E-state index contributed by atoms with van der Waals surface area (Å²) in [4.78, 5) is 22.7. The number of hydrogen-bond donors (Lipinski definition) is 1. The van der Waals surface area contributed by atoms with Crippen LogP contribution < -0.4 is 5.56 Å². The summed E-state index contributed by atoms with van der Waals surface area (Å²) in [6, 6.07) is 14.4. The van der Waals surface area contributed by atoms with Crippen LogP contribution in [0.3, 0.4) is 0 Å². The van der Waals surface area contributed by atoms with Gasteiger partial charge >= 0.3 is 0 Å². The molecule has 1 N–H and O–H groups in total. The van der Waals surface area contributed by atoms with Crippen LogP contribution in [-0.2, 0) is 13.1 Å². The third kappa shape index (κ3) is 3.71. The number of fused-ring (bicyclic) bond motifs is 1. The first kappa shape index (κ1) is 18.8. The van der Waals surface area contributed by atoms with Gasteiger partial charge in [-0.3, -0.25) is 9.69 Å². The molecule has 4 aromatic rings. The largest absolute Gasteiger partial charge is 0.309 e. The minimum absolute atomic E-state index is 0.169. The van der Waals surface area contributed by atoms with Gasteiger partial charge in [-0.05, 0) is 24.7 Å². The Morgan fingerprint density at radius 2 is 1.93 bits per heavy atom. The molecule has 0 aliphatic heterocycles. The number of thiophene rings is 1. The van der Waals surface area contributed by atoms with Gasteiger partial charge in [-0.1, -0.05) is 48.0 Å². The molecule has 4 nitrogen and oxygen atoms in total. The van der Waals surface area contributed by atoms with Crippen LogP contribution in [0.15, 0.2) is 58.7 Å². The van der Waals surface area contributed by atoms with Crippen molar-refractivity contribution < 1.29 is 4.39 Å². The molecule has 142 valence electrons. The van der Waals surface area contributed by atoms with E-state index in [1.165, 1.54) is 17.4 Å². The molecular weight excluding hydrogens is 397 g/mol. The van der Waals surface area contributed by atoms with Crippen molar-refractivity contribution in [3.8, 4) is 11.1 Å². The summed E-state index contributed by atoms with van der Waals surface area (Å²) in [6.07, 6.45) is 0. The Bertz CT molecular complexity index is 1170. The summed E-state index contributed by atoms with van der Waals surface area (Å²) in [7, 11) is 1.83. The van der Waals surface area contributed by atoms with E-state index in [-0.39, 0.29) is 11.4 Å². The van der Waals surface area contributed by atoms with Crippen LogP contribution in [0.1, 0.15) is 11.4 Å². The minimum atomic E-state index is -0.345. The standard InChI is InChI=1S/C21H17ClFN3OS/c1-26(10-14-16(22)8-5-9-17(14)23)11-18-24-20(27)19-15(12-28-21(19)25-18)13-6-3-2-4-7-13/h2-9,12H,10-11H2,1H3,(H,24,25,27). The average Bonchev–Trinajstić information content (AvgIpc) is 3.10. The predicted octanol–water partition coefficient (Wildman–Crippen LogP) is 5.08. The summed E-state index contributed by atoms with van der Waals surface area (Å²) in [5.41, 5.74) is 2.13. The van der Waals surface area contributed by atoms with Crippen molar-refractivity contribution in [1.82, 2.24) is 14.9 Å². The summed E-state index contributed by atoms with van der Waals surface area (Å²) in [5, 5.41) is 2.93. The molecular formula is C21H17ClFN3OS. The lowest BCUT2D eigenvalue weighted by Crippen LogP contribution is -2.22. The number of H-pyrrole nitrogens is 1. The molecule has 0 bridgehead atoms. The van der Waals surface area contributed by atoms with Gasteiger partial charge in [-0.25, -0.2) is 9.37 Å². The molecule has 28 heavy (non-hydrogen) atoms. The van der Waals surface area contributed by atoms with Gasteiger partial charge in [-0.2, -0.15) is 0 Å². The van der Waals surface area contributed by atoms with Crippen LogP contribution in [0.2, 0.25) is 5.02 Å². The Morgan fingerprint density at radius 1 is 1.14 bits per heavy atom. The smallest absolute Gasteiger partial charge is 0.260 e. The van der Waals surface area contributed by atoms with Gasteiger partial charge in [0.1, 0.15) is 16.5 Å². The topological polar surface area (TPSA) is 49.0 Å². The highest BCUT2D eigenvalue weighted by Crippen LogP contribution is 2.30. The lowest BCUT2D eigenvalue weighted by molar-refractivity contribution is 0.305. The molecule has 0 fully saturated rings. The maximum Gasteiger partial charge on any atom is 0.260 e. The first-order chi connectivity index (χ1) is 13.5. The second-order valence-electron chi connectivity index (χ2n) is 6.58. The summed E-state index contributed by atoms with van der Waals surface area (Å²) < 4.78 is 14.0. The third-order valence-electron chi connectivity index (χ3n) is 4.49. The Morgan fingerprint density at radius 3 is 2.68 bits per heavy atom. The first-order valence-electron chi connectivity index (χ1n) is 8.70. The van der Waals surface area contributed by atoms with Crippen molar-refractivity contribution in [2.45, 2.75) is 13.1 Å². The fraction of sp³-hybridized carbons (Fsp3) is 0.143. The van der Waals surface area contributed by atoms with Gasteiger partial charge in [0, 0.05) is 28.1 Å². The van der Waals surface area contributed by atoms with Gasteiger partial charge in [-0.15, -0.1) is 11.3 Å². The zero-order chi connectivity index (χ0) is 19.7. The molecule has 4 rings (SSSR count). The van der Waals surface area contributed by atoms with E-state index in [1.54, 1.807) is 12.1 Å². The van der Waals surface area contributed by atoms with Crippen LogP contribution in [0, 0.1) is 5.82 Å². The molecule has 0 saturated carbocycles. The summed E-state index contributed by atoms with van der Waals surface area (Å²) >= 11 is 7.54. The number of hydrogen-bond acceptors (Lipinski definition) is 4. The molecule has 0 spiro atoms. The molecule has 0 unspecified atom stereocenters. The molecule has 0 aliphatic carbocycles. The van der Waals surface area contributed by atoms with Gasteiger partial charge in [0.25, 0.3) is 5.56 Å². The normalized spacial score (nSPS) is 11.4. The van der Waals surface area contributed by atoms with Gasteiger partial charge in [0.15, 0.2) is 0 Å². The van der Waals surface area contributed by atoms with E-state index >= 15 is 0 Å². The van der Waals surface area contributed by atoms with E-state index < -0.39 is 0 Å². The Labute approximate surface area is 170 Å². The number of nitrogens with one attached hydrogen (secondary N) is 1. The van der Waals surface area contributed by atoms with E-state index in [0.29, 0.717) is 39.7 Å². The quantitative estimate of drug-likeness (QED) is 0.496. The van der Waals surface area contributed by atoms with Crippen molar-refractivity contribution in [2.24, 2.45) is 0 Å². The lowest BCUT2D eigenvalue weighted by Gasteiger charge is -2.17. The first-order valence-corrected chi connectivity index (χ1v) is 9.96. The molecule has 0 aliphatic rings. The fourth-order valence-electron chi connectivity index (χ4n) is 3.16. The fourth-order valence-corrected chi connectivity index (χ4v) is 4.35. The van der Waals surface area contributed by atoms with Crippen LogP contribution in [0.25, 0.3) is 21.3 Å². The third-order valence-corrected chi connectivity index (χ3v) is 5.71. The van der Waals surface area contributed by atoms with Crippen molar-refractivity contribution >= 4 is 33.2 Å². The average molecular weight is 414 g/mol. The minimum Gasteiger partial charge on any atom is -0.309 e. The van der Waals surface area contributed by atoms with Crippen LogP contribution in [0.5, 0.6) is 0 Å². The number of aromatic nitrogens is 2. The Balaban J connectivity index is 1.61. The lowest BCUT2D eigenvalue weighted by atomic mass is 10.1. The second kappa shape index (κ2) is 7.83. The highest BCUT2D eigenvalue weighted by Gasteiger charge is 2.15. The zero-order valence-corrected chi connectivity index (χ0v) is 16.6. The van der Waals surface area contributed by atoms with E-state index in [0.717, 1.165) is 11.1 Å². The van der Waals surface area contributed by atoms with Crippen LogP contribution in [0.4, 0.5) is 4.39 Å². The van der Waals surface area contributed by atoms with E-state index in [1.807, 2.05) is 47.7 Å². The zero-order valence-electron chi connectivity index (χ0n) is 15.1. The monoisotopic (exact) mass is 413 g/mol. The van der Waals surface area contributed by atoms with Crippen molar-refractivity contribution in [3.63, 3.8) is 0 Å². The van der Waals surface area contributed by atoms with Crippen molar-refractivity contribution in [1.29, 1.82) is 0 Å². The van der Waals surface area contributed by atoms with Crippen molar-refractivity contribution in [3.05, 3.63) is 86.5 Å². The van der Waals surface area contributed by atoms with Gasteiger partial charge < -0.3 is 4.98 Å². The number of rotatable bonds is 5. The number of benzene rings is 2. The van der Waals surface area contributed by atoms with Crippen LogP contribution >= 0.6 is 22.9 Å². The van der Waals surface area contributed by atoms with Crippen LogP contribution in [-0.4, -0.2) is 21.9 Å². The predicted molar refractivity (Wildman–Crippen MR) is 112 cm³/mol. The molecule has 0 amide bonds. The molecule has 0 atom stereocenters. The maximum atomic E-state index is 14.0. The van der Waals surface area contributed by atoms with E-state index in [2.05, 4.69) is 9.97 Å². The molecule has 0 saturated heterocycles. The highest BCUT2D eigenvalue weighted by atomic mass is 35.5. The summed E-state index contributed by atoms with van der Waals surface area (Å²) in [6.45, 7) is 0.682. The maximum absolute atomic E-state index is 14.0. The number of halogens is 2. The summed E-state index contributed by atoms with van der Waals surface area (Å²) in [5.74, 6) is 0.191. The molecule has 0 radical (unpaired) electrons. The van der Waals surface area contributed by atoms with Gasteiger partial charge in [0.2, 0.25) is 0 Å². The second-order valence-corrected chi connectivity index (χ2v) is 7.85. The van der Waals surface area contributed by atoms with E-state index in [9.17, 15) is 9.18 Å². The van der Waals surface area contributed by atoms with Crippen molar-refractivity contribution in [2.75, 3.05) is 7.05 Å².